The molecule has 0 aromatic heterocycles. The van der Waals surface area contributed by atoms with Crippen molar-refractivity contribution in [3.05, 3.63) is 71.8 Å². The highest BCUT2D eigenvalue weighted by molar-refractivity contribution is 5.98. The lowest BCUT2D eigenvalue weighted by molar-refractivity contribution is 0.0626. The Bertz CT molecular complexity index is 685. The standard InChI is InChI=1S/C19H20N2O2/c1-20-12-13-21(19(23)16-10-6-3-7-11-16)18(20)14-17(22)15-8-4-2-5-9-15/h2-11,18H,12-14H2,1H3. The first-order valence-electron chi connectivity index (χ1n) is 7.81. The number of carbonyl (C=O) groups is 2. The molecule has 0 spiro atoms. The van der Waals surface area contributed by atoms with Crippen LogP contribution in [0.1, 0.15) is 27.1 Å². The van der Waals surface area contributed by atoms with E-state index in [1.807, 2.05) is 67.7 Å². The molecule has 4 heteroatoms. The van der Waals surface area contributed by atoms with Crippen molar-refractivity contribution in [3.8, 4) is 0 Å². The molecular formula is C19H20N2O2. The summed E-state index contributed by atoms with van der Waals surface area (Å²) in [4.78, 5) is 29.1. The molecule has 0 bridgehead atoms. The predicted octanol–water partition coefficient (Wildman–Crippen LogP) is 2.67. The molecule has 1 aliphatic heterocycles. The van der Waals surface area contributed by atoms with Crippen LogP contribution in [0.3, 0.4) is 0 Å². The van der Waals surface area contributed by atoms with Gasteiger partial charge in [-0.25, -0.2) is 0 Å². The molecular weight excluding hydrogens is 288 g/mol. The van der Waals surface area contributed by atoms with Gasteiger partial charge in [-0.2, -0.15) is 0 Å². The molecule has 1 heterocycles. The quantitative estimate of drug-likeness (QED) is 0.815. The topological polar surface area (TPSA) is 40.6 Å². The smallest absolute Gasteiger partial charge is 0.255 e. The Kier molecular flexibility index (Phi) is 4.53. The molecule has 0 aliphatic carbocycles. The molecule has 2 aromatic rings. The van der Waals surface area contributed by atoms with Crippen LogP contribution >= 0.6 is 0 Å². The maximum atomic E-state index is 12.7. The summed E-state index contributed by atoms with van der Waals surface area (Å²) >= 11 is 0. The molecule has 1 fully saturated rings. The fourth-order valence-electron chi connectivity index (χ4n) is 2.96. The van der Waals surface area contributed by atoms with Crippen molar-refractivity contribution in [1.82, 2.24) is 9.80 Å². The summed E-state index contributed by atoms with van der Waals surface area (Å²) in [5, 5.41) is 0. The average molecular weight is 308 g/mol. The second-order valence-electron chi connectivity index (χ2n) is 5.82. The van der Waals surface area contributed by atoms with Gasteiger partial charge in [0.2, 0.25) is 0 Å². The Morgan fingerprint density at radius 3 is 2.09 bits per heavy atom. The van der Waals surface area contributed by atoms with E-state index in [9.17, 15) is 9.59 Å². The molecule has 1 amide bonds. The zero-order chi connectivity index (χ0) is 16.2. The largest absolute Gasteiger partial charge is 0.321 e. The zero-order valence-electron chi connectivity index (χ0n) is 13.2. The molecule has 118 valence electrons. The number of benzene rings is 2. The minimum Gasteiger partial charge on any atom is -0.321 e. The van der Waals surface area contributed by atoms with E-state index in [0.29, 0.717) is 24.1 Å². The number of amides is 1. The van der Waals surface area contributed by atoms with Gasteiger partial charge in [-0.3, -0.25) is 14.5 Å². The van der Waals surface area contributed by atoms with Crippen LogP contribution in [0.5, 0.6) is 0 Å². The first-order valence-corrected chi connectivity index (χ1v) is 7.81. The van der Waals surface area contributed by atoms with Crippen LogP contribution < -0.4 is 0 Å². The molecule has 3 rings (SSSR count). The van der Waals surface area contributed by atoms with Gasteiger partial charge in [0.25, 0.3) is 5.91 Å². The molecule has 2 aromatic carbocycles. The summed E-state index contributed by atoms with van der Waals surface area (Å²) in [5.41, 5.74) is 1.36. The number of hydrogen-bond donors (Lipinski definition) is 0. The van der Waals surface area contributed by atoms with Crippen molar-refractivity contribution in [2.45, 2.75) is 12.6 Å². The third-order valence-corrected chi connectivity index (χ3v) is 4.31. The van der Waals surface area contributed by atoms with E-state index >= 15 is 0 Å². The zero-order valence-corrected chi connectivity index (χ0v) is 13.2. The van der Waals surface area contributed by atoms with E-state index in [4.69, 9.17) is 0 Å². The van der Waals surface area contributed by atoms with Gasteiger partial charge in [-0.05, 0) is 19.2 Å². The van der Waals surface area contributed by atoms with Crippen LogP contribution in [0, 0.1) is 0 Å². The fraction of sp³-hybridized carbons (Fsp3) is 0.263. The third kappa shape index (κ3) is 3.32. The van der Waals surface area contributed by atoms with E-state index in [1.54, 1.807) is 4.90 Å². The summed E-state index contributed by atoms with van der Waals surface area (Å²) in [7, 11) is 1.96. The fourth-order valence-corrected chi connectivity index (χ4v) is 2.96. The molecule has 4 nitrogen and oxygen atoms in total. The van der Waals surface area contributed by atoms with E-state index in [-0.39, 0.29) is 17.9 Å². The minimum atomic E-state index is -0.185. The summed E-state index contributed by atoms with van der Waals surface area (Å²) < 4.78 is 0. The average Bonchev–Trinajstić information content (AvgIpc) is 2.96. The van der Waals surface area contributed by atoms with Crippen molar-refractivity contribution in [2.75, 3.05) is 20.1 Å². The number of likely N-dealkylation sites (N-methyl/N-ethyl adjacent to an activating group) is 1. The third-order valence-electron chi connectivity index (χ3n) is 4.31. The van der Waals surface area contributed by atoms with Crippen molar-refractivity contribution in [2.24, 2.45) is 0 Å². The number of Topliss-reactive ketones (excluding diaryl/α,β-unsaturated/α-hetero) is 1. The highest BCUT2D eigenvalue weighted by Crippen LogP contribution is 2.21. The Morgan fingerprint density at radius 2 is 1.48 bits per heavy atom. The van der Waals surface area contributed by atoms with Gasteiger partial charge in [-0.1, -0.05) is 48.5 Å². The number of rotatable bonds is 4. The van der Waals surface area contributed by atoms with Crippen molar-refractivity contribution in [1.29, 1.82) is 0 Å². The monoisotopic (exact) mass is 308 g/mol. The van der Waals surface area contributed by atoms with Gasteiger partial charge in [0.1, 0.15) is 0 Å². The van der Waals surface area contributed by atoms with Crippen LogP contribution in [0.25, 0.3) is 0 Å². The minimum absolute atomic E-state index is 0.0131. The molecule has 1 aliphatic rings. The Hall–Kier alpha value is -2.46. The first-order chi connectivity index (χ1) is 11.2. The van der Waals surface area contributed by atoms with Gasteiger partial charge >= 0.3 is 0 Å². The Balaban J connectivity index is 1.76. The summed E-state index contributed by atoms with van der Waals surface area (Å²) in [6, 6.07) is 18.5. The van der Waals surface area contributed by atoms with Crippen LogP contribution in [0.4, 0.5) is 0 Å². The lowest BCUT2D eigenvalue weighted by Crippen LogP contribution is -2.42. The van der Waals surface area contributed by atoms with Crippen LogP contribution in [-0.2, 0) is 0 Å². The van der Waals surface area contributed by atoms with Crippen LogP contribution in [-0.4, -0.2) is 47.8 Å². The summed E-state index contributed by atoms with van der Waals surface area (Å²) in [6.07, 6.45) is 0.134. The van der Waals surface area contributed by atoms with Crippen molar-refractivity contribution in [3.63, 3.8) is 0 Å². The van der Waals surface area contributed by atoms with Gasteiger partial charge in [0.05, 0.1) is 6.17 Å². The molecule has 0 N–H and O–H groups in total. The number of carbonyl (C=O) groups excluding carboxylic acids is 2. The molecule has 23 heavy (non-hydrogen) atoms. The first kappa shape index (κ1) is 15.4. The highest BCUT2D eigenvalue weighted by Gasteiger charge is 2.34. The normalized spacial score (nSPS) is 18.1. The van der Waals surface area contributed by atoms with E-state index in [2.05, 4.69) is 4.90 Å². The second-order valence-corrected chi connectivity index (χ2v) is 5.82. The lowest BCUT2D eigenvalue weighted by Gasteiger charge is -2.27. The molecule has 1 unspecified atom stereocenters. The summed E-state index contributed by atoms with van der Waals surface area (Å²) in [5.74, 6) is 0.0519. The molecule has 1 atom stereocenters. The van der Waals surface area contributed by atoms with Gasteiger partial charge in [-0.15, -0.1) is 0 Å². The van der Waals surface area contributed by atoms with E-state index in [0.717, 1.165) is 6.54 Å². The second kappa shape index (κ2) is 6.75. The maximum absolute atomic E-state index is 12.7. The van der Waals surface area contributed by atoms with E-state index < -0.39 is 0 Å². The lowest BCUT2D eigenvalue weighted by atomic mass is 10.1. The number of ketones is 1. The predicted molar refractivity (Wildman–Crippen MR) is 89.3 cm³/mol. The Labute approximate surface area is 136 Å². The van der Waals surface area contributed by atoms with Gasteiger partial charge in [0.15, 0.2) is 5.78 Å². The maximum Gasteiger partial charge on any atom is 0.255 e. The SMILES string of the molecule is CN1CCN(C(=O)c2ccccc2)C1CC(=O)c1ccccc1. The van der Waals surface area contributed by atoms with Crippen molar-refractivity contribution >= 4 is 11.7 Å². The van der Waals surface area contributed by atoms with Gasteiger partial charge < -0.3 is 4.90 Å². The molecule has 1 saturated heterocycles. The Morgan fingerprint density at radius 1 is 0.913 bits per heavy atom. The number of hydrogen-bond acceptors (Lipinski definition) is 3. The van der Waals surface area contributed by atoms with Gasteiger partial charge in [0, 0.05) is 30.6 Å². The molecule has 0 saturated carbocycles. The van der Waals surface area contributed by atoms with Crippen LogP contribution in [0.15, 0.2) is 60.7 Å². The molecule has 0 radical (unpaired) electrons. The summed E-state index contributed by atoms with van der Waals surface area (Å²) in [6.45, 7) is 1.43. The number of nitrogens with zero attached hydrogens (tertiary/aromatic N) is 2. The van der Waals surface area contributed by atoms with Crippen LogP contribution in [0.2, 0.25) is 0 Å². The van der Waals surface area contributed by atoms with Crippen molar-refractivity contribution < 1.29 is 9.59 Å². The highest BCUT2D eigenvalue weighted by atomic mass is 16.2. The van der Waals surface area contributed by atoms with E-state index in [1.165, 1.54) is 0 Å².